The van der Waals surface area contributed by atoms with Crippen LogP contribution in [0.2, 0.25) is 0 Å². The number of rotatable bonds is 3. The number of nitrogens with zero attached hydrogens (tertiary/aromatic N) is 1. The van der Waals surface area contributed by atoms with Crippen molar-refractivity contribution in [1.29, 1.82) is 0 Å². The summed E-state index contributed by atoms with van der Waals surface area (Å²) in [5.74, 6) is 0.978. The van der Waals surface area contributed by atoms with E-state index in [0.717, 1.165) is 36.6 Å². The number of nitrogens with one attached hydrogen (secondary N) is 1. The van der Waals surface area contributed by atoms with Gasteiger partial charge >= 0.3 is 0 Å². The smallest absolute Gasteiger partial charge is 0.0116 e. The van der Waals surface area contributed by atoms with Gasteiger partial charge in [-0.3, -0.25) is 4.90 Å². The van der Waals surface area contributed by atoms with Gasteiger partial charge < -0.3 is 5.32 Å². The second-order valence-electron chi connectivity index (χ2n) is 6.63. The van der Waals surface area contributed by atoms with Crippen LogP contribution in [0.3, 0.4) is 0 Å². The van der Waals surface area contributed by atoms with E-state index in [0.29, 0.717) is 0 Å². The van der Waals surface area contributed by atoms with Gasteiger partial charge in [0.15, 0.2) is 0 Å². The molecule has 3 rings (SSSR count). The fraction of sp³-hybridized carbons (Fsp3) is 1.00. The normalized spacial score (nSPS) is 46.6. The Kier molecular flexibility index (Phi) is 3.45. The lowest BCUT2D eigenvalue weighted by Gasteiger charge is -2.43. The fourth-order valence-electron chi connectivity index (χ4n) is 4.71. The summed E-state index contributed by atoms with van der Waals surface area (Å²) in [5, 5.41) is 3.68. The number of hydrogen-bond acceptors (Lipinski definition) is 2. The van der Waals surface area contributed by atoms with Gasteiger partial charge in [-0.25, -0.2) is 0 Å². The van der Waals surface area contributed by atoms with Crippen molar-refractivity contribution in [2.75, 3.05) is 6.54 Å². The van der Waals surface area contributed by atoms with E-state index in [-0.39, 0.29) is 0 Å². The molecule has 17 heavy (non-hydrogen) atoms. The highest BCUT2D eigenvalue weighted by Gasteiger charge is 2.44. The molecule has 0 aromatic carbocycles. The summed E-state index contributed by atoms with van der Waals surface area (Å²) in [6.07, 6.45) is 10.2. The van der Waals surface area contributed by atoms with Crippen LogP contribution in [0.4, 0.5) is 0 Å². The van der Waals surface area contributed by atoms with Crippen LogP contribution >= 0.6 is 0 Å². The molecule has 2 saturated heterocycles. The molecular formula is C15H28N2. The van der Waals surface area contributed by atoms with Crippen molar-refractivity contribution in [3.63, 3.8) is 0 Å². The number of hydrogen-bond donors (Lipinski definition) is 1. The largest absolute Gasteiger partial charge is 0.314 e. The average Bonchev–Trinajstić information content (AvgIpc) is 2.81. The zero-order chi connectivity index (χ0) is 11.8. The molecule has 1 saturated carbocycles. The molecule has 2 heteroatoms. The molecule has 4 atom stereocenters. The highest BCUT2D eigenvalue weighted by atomic mass is 15.3. The molecule has 0 spiro atoms. The Morgan fingerprint density at radius 3 is 2.06 bits per heavy atom. The molecule has 3 aliphatic rings. The zero-order valence-electron chi connectivity index (χ0n) is 11.5. The first-order valence-electron chi connectivity index (χ1n) is 7.78. The quantitative estimate of drug-likeness (QED) is 0.810. The molecule has 0 aromatic rings. The highest BCUT2D eigenvalue weighted by Crippen LogP contribution is 2.42. The van der Waals surface area contributed by atoms with Crippen LogP contribution in [0.25, 0.3) is 0 Å². The third kappa shape index (κ3) is 2.26. The first kappa shape index (κ1) is 12.0. The van der Waals surface area contributed by atoms with E-state index >= 15 is 0 Å². The van der Waals surface area contributed by atoms with Gasteiger partial charge in [0.25, 0.3) is 0 Å². The maximum Gasteiger partial charge on any atom is 0.0116 e. The van der Waals surface area contributed by atoms with Crippen molar-refractivity contribution in [2.45, 2.75) is 83.0 Å². The summed E-state index contributed by atoms with van der Waals surface area (Å²) >= 11 is 0. The Hall–Kier alpha value is -0.0800. The molecule has 3 fully saturated rings. The Labute approximate surface area is 106 Å². The lowest BCUT2D eigenvalue weighted by molar-refractivity contribution is 0.0711. The van der Waals surface area contributed by atoms with Crippen molar-refractivity contribution < 1.29 is 0 Å². The van der Waals surface area contributed by atoms with Crippen LogP contribution < -0.4 is 5.32 Å². The SMILES string of the molecule is CCNC1CC2CCC(C1)N2C1CCC(C)C1. The van der Waals surface area contributed by atoms with E-state index in [1.165, 1.54) is 44.9 Å². The molecule has 2 aliphatic heterocycles. The maximum absolute atomic E-state index is 3.68. The van der Waals surface area contributed by atoms with Crippen LogP contribution in [-0.2, 0) is 0 Å². The first-order valence-corrected chi connectivity index (χ1v) is 7.78. The van der Waals surface area contributed by atoms with Crippen LogP contribution in [-0.4, -0.2) is 35.6 Å². The molecule has 2 bridgehead atoms. The van der Waals surface area contributed by atoms with E-state index in [1.807, 2.05) is 0 Å². The van der Waals surface area contributed by atoms with Crippen molar-refractivity contribution in [1.82, 2.24) is 10.2 Å². The monoisotopic (exact) mass is 236 g/mol. The summed E-state index contributed by atoms with van der Waals surface area (Å²) in [5.41, 5.74) is 0. The third-order valence-corrected chi connectivity index (χ3v) is 5.37. The lowest BCUT2D eigenvalue weighted by atomic mass is 9.94. The predicted octanol–water partition coefficient (Wildman–Crippen LogP) is 2.78. The predicted molar refractivity (Wildman–Crippen MR) is 72.2 cm³/mol. The Morgan fingerprint density at radius 1 is 0.941 bits per heavy atom. The summed E-state index contributed by atoms with van der Waals surface area (Å²) < 4.78 is 0. The van der Waals surface area contributed by atoms with Crippen molar-refractivity contribution in [3.8, 4) is 0 Å². The van der Waals surface area contributed by atoms with Gasteiger partial charge in [-0.1, -0.05) is 13.8 Å². The number of piperidine rings is 1. The van der Waals surface area contributed by atoms with Gasteiger partial charge in [0, 0.05) is 24.2 Å². The topological polar surface area (TPSA) is 15.3 Å². The zero-order valence-corrected chi connectivity index (χ0v) is 11.5. The Morgan fingerprint density at radius 2 is 1.53 bits per heavy atom. The Balaban J connectivity index is 1.64. The van der Waals surface area contributed by atoms with Gasteiger partial charge in [0.2, 0.25) is 0 Å². The molecule has 0 aromatic heterocycles. The molecule has 0 radical (unpaired) electrons. The molecule has 98 valence electrons. The van der Waals surface area contributed by atoms with Gasteiger partial charge in [-0.2, -0.15) is 0 Å². The van der Waals surface area contributed by atoms with Gasteiger partial charge in [-0.05, 0) is 57.4 Å². The van der Waals surface area contributed by atoms with E-state index in [4.69, 9.17) is 0 Å². The molecule has 0 amide bonds. The van der Waals surface area contributed by atoms with Crippen LogP contribution in [0.5, 0.6) is 0 Å². The van der Waals surface area contributed by atoms with Crippen LogP contribution in [0.1, 0.15) is 58.8 Å². The van der Waals surface area contributed by atoms with Crippen LogP contribution in [0, 0.1) is 5.92 Å². The Bertz CT molecular complexity index is 252. The average molecular weight is 236 g/mol. The van der Waals surface area contributed by atoms with Gasteiger partial charge in [0.05, 0.1) is 0 Å². The van der Waals surface area contributed by atoms with E-state index in [2.05, 4.69) is 24.1 Å². The minimum Gasteiger partial charge on any atom is -0.314 e. The van der Waals surface area contributed by atoms with E-state index in [9.17, 15) is 0 Å². The molecule has 2 heterocycles. The highest BCUT2D eigenvalue weighted by molar-refractivity contribution is 5.01. The lowest BCUT2D eigenvalue weighted by Crippen LogP contribution is -2.52. The second kappa shape index (κ2) is 4.89. The summed E-state index contributed by atoms with van der Waals surface area (Å²) in [7, 11) is 0. The van der Waals surface area contributed by atoms with E-state index in [1.54, 1.807) is 0 Å². The van der Waals surface area contributed by atoms with Crippen LogP contribution in [0.15, 0.2) is 0 Å². The first-order chi connectivity index (χ1) is 8.28. The van der Waals surface area contributed by atoms with Crippen molar-refractivity contribution in [2.24, 2.45) is 5.92 Å². The number of fused-ring (bicyclic) bond motifs is 2. The standard InChI is InChI=1S/C15H28N2/c1-3-16-12-9-14-6-7-15(10-12)17(14)13-5-4-11(2)8-13/h11-16H,3-10H2,1-2H3. The molecule has 2 nitrogen and oxygen atoms in total. The minimum atomic E-state index is 0.813. The minimum absolute atomic E-state index is 0.813. The third-order valence-electron chi connectivity index (χ3n) is 5.37. The summed E-state index contributed by atoms with van der Waals surface area (Å²) in [6.45, 7) is 5.82. The van der Waals surface area contributed by atoms with Gasteiger partial charge in [0.1, 0.15) is 0 Å². The molecule has 1 aliphatic carbocycles. The fourth-order valence-corrected chi connectivity index (χ4v) is 4.71. The second-order valence-corrected chi connectivity index (χ2v) is 6.63. The van der Waals surface area contributed by atoms with Gasteiger partial charge in [-0.15, -0.1) is 0 Å². The van der Waals surface area contributed by atoms with Crippen molar-refractivity contribution in [3.05, 3.63) is 0 Å². The molecular weight excluding hydrogens is 208 g/mol. The van der Waals surface area contributed by atoms with Crippen molar-refractivity contribution >= 4 is 0 Å². The summed E-state index contributed by atoms with van der Waals surface area (Å²) in [6, 6.07) is 3.57. The maximum atomic E-state index is 3.68. The molecule has 1 N–H and O–H groups in total. The molecule has 4 unspecified atom stereocenters. The summed E-state index contributed by atoms with van der Waals surface area (Å²) in [4.78, 5) is 2.94. The van der Waals surface area contributed by atoms with E-state index < -0.39 is 0 Å².